The molecular weight excluding hydrogens is 88.9 g/mol. The molecule has 3 nitrogen and oxygen atoms in total. The molecule has 0 aromatic carbocycles. The lowest BCUT2D eigenvalue weighted by molar-refractivity contribution is 1.01. The predicted octanol–water partition coefficient (Wildman–Crippen LogP) is -1.33. The monoisotopic (exact) mass is 91.0 g/mol. The summed E-state index contributed by atoms with van der Waals surface area (Å²) < 4.78 is 0. The van der Waals surface area contributed by atoms with Crippen molar-refractivity contribution in [3.63, 3.8) is 0 Å². The van der Waals surface area contributed by atoms with Gasteiger partial charge in [0.1, 0.15) is 0 Å². The van der Waals surface area contributed by atoms with E-state index in [2.05, 4.69) is 15.2 Å². The van der Waals surface area contributed by atoms with Gasteiger partial charge in [-0.3, -0.25) is 4.98 Å². The average molecular weight is 90.9 g/mol. The molecule has 4 heteroatoms. The molecule has 32 valence electrons. The fourth-order valence-corrected chi connectivity index (χ4v) is 0.258. The predicted molar refractivity (Wildman–Crippen MR) is 25.2 cm³/mol. The van der Waals surface area contributed by atoms with E-state index in [1.807, 2.05) is 0 Å². The van der Waals surface area contributed by atoms with Crippen molar-refractivity contribution in [1.29, 1.82) is 0 Å². The Bertz CT molecular complexity index is 140. The van der Waals surface area contributed by atoms with Crippen molar-refractivity contribution in [3.8, 4) is 0 Å². The van der Waals surface area contributed by atoms with E-state index >= 15 is 0 Å². The zero-order chi connectivity index (χ0) is 5.11. The SMILES string of the molecule is [B]c1nccnn1. The quantitative estimate of drug-likeness (QED) is 0.371. The van der Waals surface area contributed by atoms with Gasteiger partial charge in [0, 0.05) is 6.20 Å². The summed E-state index contributed by atoms with van der Waals surface area (Å²) in [6.07, 6.45) is 2.96. The second-order valence-electron chi connectivity index (χ2n) is 1.00. The molecule has 1 aromatic rings. The van der Waals surface area contributed by atoms with Crippen LogP contribution in [0.5, 0.6) is 0 Å². The molecule has 0 unspecified atom stereocenters. The standard InChI is InChI=1S/C3H2BN3/c4-3-5-1-2-6-7-3/h1-2H. The number of hydrogen-bond acceptors (Lipinski definition) is 3. The van der Waals surface area contributed by atoms with Crippen molar-refractivity contribution < 1.29 is 0 Å². The molecule has 0 saturated heterocycles. The Morgan fingerprint density at radius 2 is 2.29 bits per heavy atom. The first-order chi connectivity index (χ1) is 3.39. The molecule has 0 saturated carbocycles. The molecule has 1 aromatic heterocycles. The maximum absolute atomic E-state index is 5.07. The summed E-state index contributed by atoms with van der Waals surface area (Å²) in [5, 5.41) is 6.84. The van der Waals surface area contributed by atoms with Crippen LogP contribution in [-0.4, -0.2) is 23.0 Å². The van der Waals surface area contributed by atoms with E-state index in [9.17, 15) is 0 Å². The van der Waals surface area contributed by atoms with Gasteiger partial charge in [0.15, 0.2) is 7.85 Å². The second kappa shape index (κ2) is 1.68. The molecule has 0 atom stereocenters. The molecule has 0 aliphatic heterocycles. The third kappa shape index (κ3) is 0.959. The maximum atomic E-state index is 5.07. The van der Waals surface area contributed by atoms with Crippen LogP contribution >= 0.6 is 0 Å². The smallest absolute Gasteiger partial charge is 0.173 e. The number of rotatable bonds is 0. The fourth-order valence-electron chi connectivity index (χ4n) is 0.258. The lowest BCUT2D eigenvalue weighted by Gasteiger charge is -1.80. The van der Waals surface area contributed by atoms with Crippen LogP contribution in [-0.2, 0) is 0 Å². The van der Waals surface area contributed by atoms with Gasteiger partial charge in [-0.15, -0.1) is 5.10 Å². The van der Waals surface area contributed by atoms with Gasteiger partial charge in [-0.1, -0.05) is 0 Å². The van der Waals surface area contributed by atoms with E-state index < -0.39 is 0 Å². The molecule has 0 fully saturated rings. The Hall–Kier alpha value is -0.925. The highest BCUT2D eigenvalue weighted by Crippen LogP contribution is 1.56. The largest absolute Gasteiger partial charge is 0.250 e. The fraction of sp³-hybridized carbons (Fsp3) is 0. The molecule has 0 aliphatic rings. The van der Waals surface area contributed by atoms with Crippen molar-refractivity contribution in [2.45, 2.75) is 0 Å². The molecule has 0 amide bonds. The van der Waals surface area contributed by atoms with Crippen LogP contribution in [0, 0.1) is 0 Å². The first-order valence-electron chi connectivity index (χ1n) is 1.79. The minimum absolute atomic E-state index is 0.211. The molecule has 0 bridgehead atoms. The van der Waals surface area contributed by atoms with Crippen LogP contribution < -0.4 is 5.72 Å². The lowest BCUT2D eigenvalue weighted by Crippen LogP contribution is -2.12. The molecule has 1 rings (SSSR count). The first kappa shape index (κ1) is 4.24. The topological polar surface area (TPSA) is 38.7 Å². The number of nitrogens with zero attached hydrogens (tertiary/aromatic N) is 3. The molecule has 0 N–H and O–H groups in total. The summed E-state index contributed by atoms with van der Waals surface area (Å²) >= 11 is 0. The summed E-state index contributed by atoms with van der Waals surface area (Å²) in [5.41, 5.74) is 0.211. The molecular formula is C3H2BN3. The zero-order valence-electron chi connectivity index (χ0n) is 3.57. The van der Waals surface area contributed by atoms with E-state index in [0.29, 0.717) is 0 Å². The summed E-state index contributed by atoms with van der Waals surface area (Å²) in [7, 11) is 5.07. The third-order valence-corrected chi connectivity index (χ3v) is 0.500. The lowest BCUT2D eigenvalue weighted by atomic mass is 10.1. The highest BCUT2D eigenvalue weighted by atomic mass is 15.1. The minimum Gasteiger partial charge on any atom is -0.250 e. The Morgan fingerprint density at radius 1 is 1.43 bits per heavy atom. The van der Waals surface area contributed by atoms with Crippen LogP contribution in [0.4, 0.5) is 0 Å². The van der Waals surface area contributed by atoms with E-state index in [1.165, 1.54) is 12.4 Å². The Balaban J connectivity index is 3.02. The van der Waals surface area contributed by atoms with Gasteiger partial charge in [0.05, 0.1) is 11.9 Å². The van der Waals surface area contributed by atoms with E-state index in [4.69, 9.17) is 7.85 Å². The summed E-state index contributed by atoms with van der Waals surface area (Å²) in [6.45, 7) is 0. The molecule has 1 heterocycles. The van der Waals surface area contributed by atoms with Gasteiger partial charge in [0.2, 0.25) is 0 Å². The highest BCUT2D eigenvalue weighted by Gasteiger charge is 1.76. The summed E-state index contributed by atoms with van der Waals surface area (Å²) in [6, 6.07) is 0. The minimum atomic E-state index is 0.211. The van der Waals surface area contributed by atoms with E-state index in [0.717, 1.165) is 0 Å². The van der Waals surface area contributed by atoms with E-state index in [-0.39, 0.29) is 5.72 Å². The molecule has 2 radical (unpaired) electrons. The van der Waals surface area contributed by atoms with Crippen LogP contribution in [0.2, 0.25) is 0 Å². The molecule has 0 aliphatic carbocycles. The molecule has 7 heavy (non-hydrogen) atoms. The van der Waals surface area contributed by atoms with Crippen LogP contribution in [0.1, 0.15) is 0 Å². The van der Waals surface area contributed by atoms with Gasteiger partial charge in [-0.05, 0) is 0 Å². The first-order valence-corrected chi connectivity index (χ1v) is 1.79. The van der Waals surface area contributed by atoms with Crippen molar-refractivity contribution in [1.82, 2.24) is 15.2 Å². The van der Waals surface area contributed by atoms with Crippen molar-refractivity contribution in [2.75, 3.05) is 0 Å². The van der Waals surface area contributed by atoms with Crippen molar-refractivity contribution in [2.24, 2.45) is 0 Å². The van der Waals surface area contributed by atoms with Crippen molar-refractivity contribution in [3.05, 3.63) is 12.4 Å². The van der Waals surface area contributed by atoms with E-state index in [1.54, 1.807) is 0 Å². The summed E-state index contributed by atoms with van der Waals surface area (Å²) in [4.78, 5) is 3.58. The Kier molecular flexibility index (Phi) is 1.02. The van der Waals surface area contributed by atoms with Crippen LogP contribution in [0.3, 0.4) is 0 Å². The molecule has 0 spiro atoms. The summed E-state index contributed by atoms with van der Waals surface area (Å²) in [5.74, 6) is 0. The number of hydrogen-bond donors (Lipinski definition) is 0. The third-order valence-electron chi connectivity index (χ3n) is 0.500. The van der Waals surface area contributed by atoms with Gasteiger partial charge in [-0.2, -0.15) is 5.10 Å². The van der Waals surface area contributed by atoms with Crippen LogP contribution in [0.15, 0.2) is 12.4 Å². The van der Waals surface area contributed by atoms with Gasteiger partial charge in [0.25, 0.3) is 0 Å². The second-order valence-corrected chi connectivity index (χ2v) is 1.00. The Morgan fingerprint density at radius 3 is 2.57 bits per heavy atom. The average Bonchev–Trinajstić information content (AvgIpc) is 1.69. The number of aromatic nitrogens is 3. The van der Waals surface area contributed by atoms with Gasteiger partial charge < -0.3 is 0 Å². The van der Waals surface area contributed by atoms with Gasteiger partial charge in [-0.25, -0.2) is 0 Å². The van der Waals surface area contributed by atoms with Gasteiger partial charge >= 0.3 is 0 Å². The maximum Gasteiger partial charge on any atom is 0.173 e. The zero-order valence-corrected chi connectivity index (χ0v) is 3.57. The highest BCUT2D eigenvalue weighted by molar-refractivity contribution is 6.28. The normalized spacial score (nSPS) is 8.57. The van der Waals surface area contributed by atoms with Crippen LogP contribution in [0.25, 0.3) is 0 Å². The Labute approximate surface area is 42.2 Å². The van der Waals surface area contributed by atoms with Crippen molar-refractivity contribution >= 4 is 13.6 Å².